The third-order valence-corrected chi connectivity index (χ3v) is 2.81. The maximum Gasteiger partial charge on any atom is 0.231 e. The summed E-state index contributed by atoms with van der Waals surface area (Å²) in [5.41, 5.74) is 10.8. The number of hydrogen-bond acceptors (Lipinski definition) is 3. The molecule has 0 rings (SSSR count). The number of nitrogens with zero attached hydrogens (tertiary/aromatic N) is 1. The molecule has 0 saturated carbocycles. The highest BCUT2D eigenvalue weighted by Gasteiger charge is 2.28. The zero-order valence-electron chi connectivity index (χ0n) is 9.55. The van der Waals surface area contributed by atoms with E-state index in [0.29, 0.717) is 13.1 Å². The van der Waals surface area contributed by atoms with E-state index in [1.165, 1.54) is 0 Å². The van der Waals surface area contributed by atoms with Crippen molar-refractivity contribution >= 4 is 5.91 Å². The van der Waals surface area contributed by atoms with Crippen LogP contribution in [0.4, 0.5) is 0 Å². The molecule has 0 spiro atoms. The van der Waals surface area contributed by atoms with Crippen molar-refractivity contribution in [2.45, 2.75) is 39.2 Å². The Morgan fingerprint density at radius 2 is 2.00 bits per heavy atom. The molecule has 0 aliphatic rings. The molecule has 0 aromatic carbocycles. The molecule has 0 fully saturated rings. The number of primary amides is 1. The van der Waals surface area contributed by atoms with E-state index in [1.54, 1.807) is 0 Å². The molecule has 0 aliphatic heterocycles. The second kappa shape index (κ2) is 5.98. The van der Waals surface area contributed by atoms with Gasteiger partial charge in [-0.15, -0.1) is 0 Å². The Hall–Kier alpha value is -0.610. The van der Waals surface area contributed by atoms with Crippen molar-refractivity contribution in [1.82, 2.24) is 4.90 Å². The first-order chi connectivity index (χ1) is 6.50. The van der Waals surface area contributed by atoms with Gasteiger partial charge in [0.1, 0.15) is 0 Å². The predicted molar refractivity (Wildman–Crippen MR) is 58.8 cm³/mol. The molecule has 14 heavy (non-hydrogen) atoms. The zero-order chi connectivity index (χ0) is 11.2. The molecule has 0 heterocycles. The Kier molecular flexibility index (Phi) is 5.72. The first-order valence-corrected chi connectivity index (χ1v) is 5.23. The Bertz CT molecular complexity index is 178. The molecule has 0 saturated heterocycles. The number of amides is 1. The average Bonchev–Trinajstić information content (AvgIpc) is 2.15. The summed E-state index contributed by atoms with van der Waals surface area (Å²) in [5, 5.41) is 0. The Balaban J connectivity index is 4.51. The molecule has 84 valence electrons. The monoisotopic (exact) mass is 201 g/mol. The van der Waals surface area contributed by atoms with Crippen molar-refractivity contribution < 1.29 is 4.79 Å². The number of carbonyl (C=O) groups excluding carboxylic acids is 1. The van der Waals surface area contributed by atoms with Gasteiger partial charge in [-0.25, -0.2) is 0 Å². The van der Waals surface area contributed by atoms with Crippen LogP contribution in [0.3, 0.4) is 0 Å². The first kappa shape index (κ1) is 13.4. The molecule has 4 N–H and O–H groups in total. The smallest absolute Gasteiger partial charge is 0.231 e. The lowest BCUT2D eigenvalue weighted by Gasteiger charge is -2.39. The molecule has 1 unspecified atom stereocenters. The van der Waals surface area contributed by atoms with Crippen molar-refractivity contribution in [3.63, 3.8) is 0 Å². The number of carbonyl (C=O) groups is 1. The maximum absolute atomic E-state index is 10.9. The van der Waals surface area contributed by atoms with Crippen molar-refractivity contribution in [3.05, 3.63) is 0 Å². The standard InChI is InChI=1S/C10H23N3O/c1-4-6-13(7-9(12)14)10(3,5-2)8-11/h4-8,11H2,1-3H3,(H2,12,14). The van der Waals surface area contributed by atoms with Crippen molar-refractivity contribution in [2.75, 3.05) is 19.6 Å². The highest BCUT2D eigenvalue weighted by molar-refractivity contribution is 5.76. The highest BCUT2D eigenvalue weighted by Crippen LogP contribution is 2.17. The molecule has 0 bridgehead atoms. The summed E-state index contributed by atoms with van der Waals surface area (Å²) < 4.78 is 0. The second-order valence-electron chi connectivity index (χ2n) is 3.94. The average molecular weight is 201 g/mol. The topological polar surface area (TPSA) is 72.3 Å². The molecule has 1 amide bonds. The van der Waals surface area contributed by atoms with Gasteiger partial charge in [0.25, 0.3) is 0 Å². The van der Waals surface area contributed by atoms with Gasteiger partial charge in [-0.2, -0.15) is 0 Å². The van der Waals surface area contributed by atoms with Crippen LogP contribution < -0.4 is 11.5 Å². The minimum absolute atomic E-state index is 0.106. The second-order valence-corrected chi connectivity index (χ2v) is 3.94. The van der Waals surface area contributed by atoms with Gasteiger partial charge in [0.05, 0.1) is 6.54 Å². The molecule has 0 aromatic heterocycles. The van der Waals surface area contributed by atoms with E-state index >= 15 is 0 Å². The van der Waals surface area contributed by atoms with E-state index in [0.717, 1.165) is 19.4 Å². The lowest BCUT2D eigenvalue weighted by Crippen LogP contribution is -2.54. The van der Waals surface area contributed by atoms with E-state index in [2.05, 4.69) is 25.7 Å². The van der Waals surface area contributed by atoms with Crippen LogP contribution in [-0.4, -0.2) is 36.0 Å². The number of rotatable bonds is 7. The summed E-state index contributed by atoms with van der Waals surface area (Å²) >= 11 is 0. The number of nitrogens with two attached hydrogens (primary N) is 2. The van der Waals surface area contributed by atoms with Crippen molar-refractivity contribution in [3.8, 4) is 0 Å². The lowest BCUT2D eigenvalue weighted by atomic mass is 9.96. The maximum atomic E-state index is 10.9. The van der Waals surface area contributed by atoms with Crippen LogP contribution in [0.1, 0.15) is 33.6 Å². The summed E-state index contributed by atoms with van der Waals surface area (Å²) in [6.07, 6.45) is 1.93. The summed E-state index contributed by atoms with van der Waals surface area (Å²) in [7, 11) is 0. The van der Waals surface area contributed by atoms with Crippen LogP contribution >= 0.6 is 0 Å². The van der Waals surface area contributed by atoms with Gasteiger partial charge >= 0.3 is 0 Å². The molecule has 4 heteroatoms. The fourth-order valence-electron chi connectivity index (χ4n) is 1.49. The normalized spacial score (nSPS) is 15.5. The summed E-state index contributed by atoms with van der Waals surface area (Å²) in [4.78, 5) is 13.0. The van der Waals surface area contributed by atoms with Gasteiger partial charge in [-0.3, -0.25) is 9.69 Å². The van der Waals surface area contributed by atoms with Gasteiger partial charge in [0, 0.05) is 12.1 Å². The third kappa shape index (κ3) is 3.64. The molecule has 0 aromatic rings. The van der Waals surface area contributed by atoms with Gasteiger partial charge in [0.15, 0.2) is 0 Å². The summed E-state index contributed by atoms with van der Waals surface area (Å²) in [5.74, 6) is -0.286. The molecular formula is C10H23N3O. The van der Waals surface area contributed by atoms with Gasteiger partial charge in [0.2, 0.25) is 5.91 Å². The van der Waals surface area contributed by atoms with E-state index in [4.69, 9.17) is 11.5 Å². The third-order valence-electron chi connectivity index (χ3n) is 2.81. The molecule has 0 radical (unpaired) electrons. The van der Waals surface area contributed by atoms with E-state index in [9.17, 15) is 4.79 Å². The summed E-state index contributed by atoms with van der Waals surface area (Å²) in [6, 6.07) is 0. The lowest BCUT2D eigenvalue weighted by molar-refractivity contribution is -0.120. The fourth-order valence-corrected chi connectivity index (χ4v) is 1.49. The van der Waals surface area contributed by atoms with Gasteiger partial charge < -0.3 is 11.5 Å². The molecule has 4 nitrogen and oxygen atoms in total. The van der Waals surface area contributed by atoms with Crippen LogP contribution in [0, 0.1) is 0 Å². The molecular weight excluding hydrogens is 178 g/mol. The Morgan fingerprint density at radius 3 is 2.29 bits per heavy atom. The summed E-state index contributed by atoms with van der Waals surface area (Å²) in [6.45, 7) is 7.96. The molecule has 1 atom stereocenters. The van der Waals surface area contributed by atoms with Crippen molar-refractivity contribution in [1.29, 1.82) is 0 Å². The quantitative estimate of drug-likeness (QED) is 0.622. The van der Waals surface area contributed by atoms with Crippen LogP contribution in [0.2, 0.25) is 0 Å². The predicted octanol–water partition coefficient (Wildman–Crippen LogP) is 0.311. The number of hydrogen-bond donors (Lipinski definition) is 2. The Labute approximate surface area is 86.6 Å². The molecule has 0 aliphatic carbocycles. The van der Waals surface area contributed by atoms with Crippen LogP contribution in [-0.2, 0) is 4.79 Å². The highest BCUT2D eigenvalue weighted by atomic mass is 16.1. The van der Waals surface area contributed by atoms with E-state index < -0.39 is 0 Å². The first-order valence-electron chi connectivity index (χ1n) is 5.23. The fraction of sp³-hybridized carbons (Fsp3) is 0.900. The largest absolute Gasteiger partial charge is 0.369 e. The Morgan fingerprint density at radius 1 is 1.43 bits per heavy atom. The van der Waals surface area contributed by atoms with Gasteiger partial charge in [-0.05, 0) is 26.3 Å². The van der Waals surface area contributed by atoms with Gasteiger partial charge in [-0.1, -0.05) is 13.8 Å². The van der Waals surface area contributed by atoms with E-state index in [-0.39, 0.29) is 11.4 Å². The van der Waals surface area contributed by atoms with Crippen LogP contribution in [0.15, 0.2) is 0 Å². The minimum atomic E-state index is -0.286. The zero-order valence-corrected chi connectivity index (χ0v) is 9.55. The van der Waals surface area contributed by atoms with Crippen LogP contribution in [0.5, 0.6) is 0 Å². The van der Waals surface area contributed by atoms with E-state index in [1.807, 2.05) is 0 Å². The van der Waals surface area contributed by atoms with Crippen LogP contribution in [0.25, 0.3) is 0 Å². The SMILES string of the molecule is CCCN(CC(N)=O)C(C)(CC)CN. The van der Waals surface area contributed by atoms with Crippen molar-refractivity contribution in [2.24, 2.45) is 11.5 Å². The minimum Gasteiger partial charge on any atom is -0.369 e.